The second kappa shape index (κ2) is 12.6. The number of hydrogen-bond donors (Lipinski definition) is 2. The van der Waals surface area contributed by atoms with Crippen molar-refractivity contribution in [1.82, 2.24) is 20.4 Å². The first-order chi connectivity index (χ1) is 18.5. The number of benzene rings is 3. The van der Waals surface area contributed by atoms with Crippen LogP contribution in [0.25, 0.3) is 11.1 Å². The quantitative estimate of drug-likeness (QED) is 0.473. The van der Waals surface area contributed by atoms with Gasteiger partial charge in [-0.05, 0) is 59.5 Å². The third kappa shape index (κ3) is 7.05. The van der Waals surface area contributed by atoms with Crippen LogP contribution < -0.4 is 10.6 Å². The van der Waals surface area contributed by atoms with Gasteiger partial charge in [0.05, 0.1) is 13.2 Å². The molecule has 1 atom stereocenters. The first-order valence-electron chi connectivity index (χ1n) is 13.5. The van der Waals surface area contributed by atoms with Crippen LogP contribution in [-0.2, 0) is 24.4 Å². The van der Waals surface area contributed by atoms with Crippen molar-refractivity contribution < 1.29 is 13.9 Å². The number of carbonyl (C=O) groups is 1. The van der Waals surface area contributed by atoms with Gasteiger partial charge in [0.2, 0.25) is 0 Å². The molecule has 0 spiro atoms. The van der Waals surface area contributed by atoms with Crippen molar-refractivity contribution in [2.24, 2.45) is 0 Å². The second-order valence-corrected chi connectivity index (χ2v) is 10.4. The largest absolute Gasteiger partial charge is 0.379 e. The molecule has 5 rings (SSSR count). The number of rotatable bonds is 8. The molecule has 6 nitrogen and oxygen atoms in total. The van der Waals surface area contributed by atoms with Crippen molar-refractivity contribution in [1.29, 1.82) is 0 Å². The Kier molecular flexibility index (Phi) is 8.81. The predicted molar refractivity (Wildman–Crippen MR) is 148 cm³/mol. The van der Waals surface area contributed by atoms with Gasteiger partial charge in [0.1, 0.15) is 5.82 Å². The van der Waals surface area contributed by atoms with E-state index >= 15 is 0 Å². The summed E-state index contributed by atoms with van der Waals surface area (Å²) in [6.07, 6.45) is 0. The van der Waals surface area contributed by atoms with Gasteiger partial charge >= 0.3 is 0 Å². The number of nitrogens with one attached hydrogen (secondary N) is 2. The van der Waals surface area contributed by atoms with Crippen LogP contribution in [0.5, 0.6) is 0 Å². The Bertz CT molecular complexity index is 1240. The lowest BCUT2D eigenvalue weighted by Crippen LogP contribution is -2.48. The summed E-state index contributed by atoms with van der Waals surface area (Å²) >= 11 is 0. The predicted octanol–water partition coefficient (Wildman–Crippen LogP) is 4.05. The molecule has 200 valence electrons. The molecule has 0 unspecified atom stereocenters. The van der Waals surface area contributed by atoms with Gasteiger partial charge in [-0.1, -0.05) is 36.4 Å². The molecule has 2 aliphatic heterocycles. The minimum atomic E-state index is -0.260. The van der Waals surface area contributed by atoms with Crippen LogP contribution in [0.4, 0.5) is 4.39 Å². The van der Waals surface area contributed by atoms with E-state index in [1.54, 1.807) is 6.07 Å². The third-order valence-corrected chi connectivity index (χ3v) is 7.28. The Hall–Kier alpha value is -3.10. The van der Waals surface area contributed by atoms with E-state index in [1.807, 2.05) is 36.4 Å². The van der Waals surface area contributed by atoms with E-state index in [2.05, 4.69) is 45.6 Å². The van der Waals surface area contributed by atoms with Gasteiger partial charge in [-0.3, -0.25) is 14.6 Å². The average molecular weight is 517 g/mol. The van der Waals surface area contributed by atoms with E-state index < -0.39 is 0 Å². The minimum Gasteiger partial charge on any atom is -0.379 e. The molecule has 2 saturated heterocycles. The summed E-state index contributed by atoms with van der Waals surface area (Å²) in [6.45, 7) is 10.5. The first kappa shape index (κ1) is 26.5. The molecule has 0 radical (unpaired) electrons. The summed E-state index contributed by atoms with van der Waals surface area (Å²) in [5, 5.41) is 6.48. The van der Waals surface area contributed by atoms with Crippen molar-refractivity contribution in [3.8, 4) is 11.1 Å². The van der Waals surface area contributed by atoms with Gasteiger partial charge in [-0.15, -0.1) is 0 Å². The SMILES string of the molecule is C[C@H]1CN(Cc2cccc(-c3cc(CNC(=O)c4cccc(CN5CCOCC5)c4)ccc3F)c2)CCN1. The van der Waals surface area contributed by atoms with Crippen LogP contribution >= 0.6 is 0 Å². The van der Waals surface area contributed by atoms with Crippen molar-refractivity contribution >= 4 is 5.91 Å². The van der Waals surface area contributed by atoms with Crippen LogP contribution in [0, 0.1) is 5.82 Å². The molecule has 7 heteroatoms. The fourth-order valence-corrected chi connectivity index (χ4v) is 5.27. The van der Waals surface area contributed by atoms with Crippen LogP contribution in [0.3, 0.4) is 0 Å². The maximum atomic E-state index is 14.9. The molecule has 2 heterocycles. The van der Waals surface area contributed by atoms with Gasteiger partial charge in [0, 0.05) is 69.5 Å². The van der Waals surface area contributed by atoms with Crippen molar-refractivity contribution in [3.63, 3.8) is 0 Å². The zero-order valence-electron chi connectivity index (χ0n) is 22.1. The number of hydrogen-bond acceptors (Lipinski definition) is 5. The molecule has 3 aromatic rings. The Balaban J connectivity index is 1.23. The number of carbonyl (C=O) groups excluding carboxylic acids is 1. The summed E-state index contributed by atoms with van der Waals surface area (Å²) in [5.74, 6) is -0.393. The zero-order chi connectivity index (χ0) is 26.3. The summed E-state index contributed by atoms with van der Waals surface area (Å²) < 4.78 is 20.3. The molecule has 0 bridgehead atoms. The normalized spacial score (nSPS) is 18.8. The molecular formula is C31H37FN4O2. The average Bonchev–Trinajstić information content (AvgIpc) is 2.93. The van der Waals surface area contributed by atoms with Gasteiger partial charge < -0.3 is 15.4 Å². The highest BCUT2D eigenvalue weighted by Gasteiger charge is 2.16. The Morgan fingerprint density at radius 2 is 1.71 bits per heavy atom. The van der Waals surface area contributed by atoms with E-state index in [-0.39, 0.29) is 11.7 Å². The fourth-order valence-electron chi connectivity index (χ4n) is 5.27. The standard InChI is InChI=1S/C31H37FN4O2/c1-23-20-36(11-10-33-23)22-25-4-2-6-27(16-25)29-18-24(8-9-30(29)32)19-34-31(37)28-7-3-5-26(17-28)21-35-12-14-38-15-13-35/h2-9,16-18,23,33H,10-15,19-22H2,1H3,(H,34,37)/t23-/m0/s1. The molecule has 2 N–H and O–H groups in total. The van der Waals surface area contributed by atoms with Crippen LogP contribution in [0.1, 0.15) is 34.0 Å². The molecule has 0 aromatic heterocycles. The monoisotopic (exact) mass is 516 g/mol. The maximum absolute atomic E-state index is 14.9. The topological polar surface area (TPSA) is 56.8 Å². The second-order valence-electron chi connectivity index (χ2n) is 10.4. The number of piperazine rings is 1. The van der Waals surface area contributed by atoms with Crippen molar-refractivity contribution in [3.05, 3.63) is 94.8 Å². The number of halogens is 1. The number of amides is 1. The lowest BCUT2D eigenvalue weighted by Gasteiger charge is -2.31. The summed E-state index contributed by atoms with van der Waals surface area (Å²) in [7, 11) is 0. The first-order valence-corrected chi connectivity index (χ1v) is 13.5. The lowest BCUT2D eigenvalue weighted by atomic mass is 10.00. The molecule has 38 heavy (non-hydrogen) atoms. The Morgan fingerprint density at radius 3 is 2.53 bits per heavy atom. The Morgan fingerprint density at radius 1 is 0.947 bits per heavy atom. The molecule has 0 saturated carbocycles. The lowest BCUT2D eigenvalue weighted by molar-refractivity contribution is 0.0342. The highest BCUT2D eigenvalue weighted by Crippen LogP contribution is 2.26. The zero-order valence-corrected chi connectivity index (χ0v) is 22.1. The molecule has 3 aromatic carbocycles. The molecule has 0 aliphatic carbocycles. The highest BCUT2D eigenvalue weighted by molar-refractivity contribution is 5.94. The smallest absolute Gasteiger partial charge is 0.251 e. The van der Waals surface area contributed by atoms with E-state index in [0.29, 0.717) is 23.7 Å². The third-order valence-electron chi connectivity index (χ3n) is 7.28. The summed E-state index contributed by atoms with van der Waals surface area (Å²) in [4.78, 5) is 17.7. The van der Waals surface area contributed by atoms with E-state index in [0.717, 1.165) is 75.7 Å². The molecule has 1 amide bonds. The van der Waals surface area contributed by atoms with Gasteiger partial charge in [-0.2, -0.15) is 0 Å². The van der Waals surface area contributed by atoms with Gasteiger partial charge in [0.15, 0.2) is 0 Å². The van der Waals surface area contributed by atoms with Gasteiger partial charge in [0.25, 0.3) is 5.91 Å². The summed E-state index contributed by atoms with van der Waals surface area (Å²) in [6, 6.07) is 21.4. The van der Waals surface area contributed by atoms with Gasteiger partial charge in [-0.25, -0.2) is 4.39 Å². The number of nitrogens with zero attached hydrogens (tertiary/aromatic N) is 2. The Labute approximate surface area is 224 Å². The highest BCUT2D eigenvalue weighted by atomic mass is 19.1. The van der Waals surface area contributed by atoms with Crippen molar-refractivity contribution in [2.75, 3.05) is 45.9 Å². The van der Waals surface area contributed by atoms with E-state index in [1.165, 1.54) is 11.6 Å². The van der Waals surface area contributed by atoms with E-state index in [4.69, 9.17) is 4.74 Å². The minimum absolute atomic E-state index is 0.132. The fraction of sp³-hybridized carbons (Fsp3) is 0.387. The molecule has 2 fully saturated rings. The number of morpholine rings is 1. The van der Waals surface area contributed by atoms with Crippen LogP contribution in [-0.4, -0.2) is 67.7 Å². The van der Waals surface area contributed by atoms with Crippen LogP contribution in [0.15, 0.2) is 66.7 Å². The maximum Gasteiger partial charge on any atom is 0.251 e. The number of ether oxygens (including phenoxy) is 1. The van der Waals surface area contributed by atoms with Crippen molar-refractivity contribution in [2.45, 2.75) is 32.6 Å². The summed E-state index contributed by atoms with van der Waals surface area (Å²) in [5.41, 5.74) is 5.19. The molecular weight excluding hydrogens is 479 g/mol. The van der Waals surface area contributed by atoms with E-state index in [9.17, 15) is 9.18 Å². The van der Waals surface area contributed by atoms with Crippen LogP contribution in [0.2, 0.25) is 0 Å². The molecule has 2 aliphatic rings.